The summed E-state index contributed by atoms with van der Waals surface area (Å²) in [5.74, 6) is -0.523. The molecule has 0 saturated heterocycles. The number of hydrogen-bond acceptors (Lipinski definition) is 9. The average Bonchev–Trinajstić information content (AvgIpc) is 2.74. The van der Waals surface area contributed by atoms with Gasteiger partial charge in [0.25, 0.3) is 0 Å². The number of benzene rings is 2. The molecule has 184 valence electrons. The van der Waals surface area contributed by atoms with Crippen LogP contribution in [0.5, 0.6) is 11.5 Å². The highest BCUT2D eigenvalue weighted by Gasteiger charge is 2.23. The second kappa shape index (κ2) is 11.9. The van der Waals surface area contributed by atoms with Crippen LogP contribution in [0.2, 0.25) is 0 Å². The van der Waals surface area contributed by atoms with Gasteiger partial charge >= 0.3 is 16.2 Å². The van der Waals surface area contributed by atoms with Crippen LogP contribution >= 0.6 is 0 Å². The zero-order valence-corrected chi connectivity index (χ0v) is 19.8. The number of nitrogens with two attached hydrogens (primary N) is 1. The quantitative estimate of drug-likeness (QED) is 0.269. The second-order valence-electron chi connectivity index (χ2n) is 6.95. The van der Waals surface area contributed by atoms with E-state index >= 15 is 0 Å². The van der Waals surface area contributed by atoms with Crippen LogP contribution in [0.1, 0.15) is 13.8 Å². The molecular formula is C21H26N4O8S. The predicted molar refractivity (Wildman–Crippen MR) is 124 cm³/mol. The van der Waals surface area contributed by atoms with Gasteiger partial charge < -0.3 is 29.4 Å². The van der Waals surface area contributed by atoms with E-state index in [-0.39, 0.29) is 35.8 Å². The minimum atomic E-state index is -4.47. The van der Waals surface area contributed by atoms with Crippen molar-refractivity contribution in [1.82, 2.24) is 5.32 Å². The first kappa shape index (κ1) is 26.4. The van der Waals surface area contributed by atoms with Crippen LogP contribution < -0.4 is 25.3 Å². The van der Waals surface area contributed by atoms with E-state index in [0.717, 1.165) is 13.2 Å². The van der Waals surface area contributed by atoms with Gasteiger partial charge in [0.2, 0.25) is 11.9 Å². The minimum absolute atomic E-state index is 0.00639. The molecule has 2 rings (SSSR count). The summed E-state index contributed by atoms with van der Waals surface area (Å²) in [5, 5.41) is 4.59. The molecule has 34 heavy (non-hydrogen) atoms. The number of anilines is 1. The van der Waals surface area contributed by atoms with Crippen LogP contribution in [-0.4, -0.2) is 53.3 Å². The zero-order valence-electron chi connectivity index (χ0n) is 19.0. The Bertz CT molecular complexity index is 1170. The molecule has 0 saturated carbocycles. The summed E-state index contributed by atoms with van der Waals surface area (Å²) in [6.45, 7) is 3.35. The first-order valence-electron chi connectivity index (χ1n) is 9.87. The molecular weight excluding hydrogens is 468 g/mol. The maximum absolute atomic E-state index is 13.1. The Morgan fingerprint density at radius 2 is 1.79 bits per heavy atom. The molecule has 0 radical (unpaired) electrons. The van der Waals surface area contributed by atoms with Gasteiger partial charge in [0.1, 0.15) is 23.0 Å². The Morgan fingerprint density at radius 1 is 1.09 bits per heavy atom. The largest absolute Gasteiger partial charge is 0.491 e. The van der Waals surface area contributed by atoms with Crippen molar-refractivity contribution in [3.05, 3.63) is 42.5 Å². The van der Waals surface area contributed by atoms with Gasteiger partial charge in [0.15, 0.2) is 0 Å². The highest BCUT2D eigenvalue weighted by atomic mass is 32.2. The Kier molecular flexibility index (Phi) is 9.21. The van der Waals surface area contributed by atoms with E-state index in [2.05, 4.69) is 20.4 Å². The summed E-state index contributed by atoms with van der Waals surface area (Å²) in [7, 11) is -2.01. The normalized spacial score (nSPS) is 11.6. The van der Waals surface area contributed by atoms with Crippen molar-refractivity contribution in [1.29, 1.82) is 0 Å². The Balaban J connectivity index is 2.45. The van der Waals surface area contributed by atoms with Crippen LogP contribution in [0.4, 0.5) is 16.2 Å². The molecule has 0 aliphatic rings. The van der Waals surface area contributed by atoms with E-state index in [1.54, 1.807) is 12.1 Å². The maximum Gasteiger partial charge on any atom is 0.413 e. The summed E-state index contributed by atoms with van der Waals surface area (Å²) < 4.78 is 46.3. The number of methoxy groups -OCH3 is 2. The lowest BCUT2D eigenvalue weighted by Crippen LogP contribution is -2.36. The van der Waals surface area contributed by atoms with E-state index in [1.165, 1.54) is 31.4 Å². The van der Waals surface area contributed by atoms with Crippen LogP contribution in [0, 0.1) is 0 Å². The first-order valence-corrected chi connectivity index (χ1v) is 11.3. The third-order valence-electron chi connectivity index (χ3n) is 3.83. The zero-order chi connectivity index (χ0) is 25.3. The molecule has 13 heteroatoms. The highest BCUT2D eigenvalue weighted by molar-refractivity contribution is 7.87. The molecule has 0 atom stereocenters. The SMILES string of the molecule is COCC(=O)Nc1ccc(N=C(N)NC(=O)OC)cc1S(=O)(=O)Oc1cccc(OC(C)C)c1. The van der Waals surface area contributed by atoms with Crippen LogP contribution in [-0.2, 0) is 24.4 Å². The van der Waals surface area contributed by atoms with Crippen molar-refractivity contribution in [2.24, 2.45) is 10.7 Å². The molecule has 12 nitrogen and oxygen atoms in total. The third kappa shape index (κ3) is 7.94. The predicted octanol–water partition coefficient (Wildman–Crippen LogP) is 2.13. The molecule has 4 N–H and O–H groups in total. The first-order chi connectivity index (χ1) is 16.0. The van der Waals surface area contributed by atoms with Gasteiger partial charge in [-0.25, -0.2) is 9.79 Å². The van der Waals surface area contributed by atoms with Crippen molar-refractivity contribution in [3.63, 3.8) is 0 Å². The molecule has 2 aromatic carbocycles. The lowest BCUT2D eigenvalue weighted by molar-refractivity contribution is -0.119. The van der Waals surface area contributed by atoms with Crippen molar-refractivity contribution < 1.29 is 36.4 Å². The summed E-state index contributed by atoms with van der Waals surface area (Å²) in [6.07, 6.45) is -0.988. The van der Waals surface area contributed by atoms with Crippen LogP contribution in [0.3, 0.4) is 0 Å². The molecule has 0 aliphatic heterocycles. The van der Waals surface area contributed by atoms with Crippen LogP contribution in [0.25, 0.3) is 0 Å². The number of guanidine groups is 1. The number of rotatable bonds is 9. The molecule has 0 fully saturated rings. The molecule has 2 amide bonds. The Labute approximate surface area is 197 Å². The fraction of sp³-hybridized carbons (Fsp3) is 0.286. The number of hydrogen-bond donors (Lipinski definition) is 3. The van der Waals surface area contributed by atoms with Crippen molar-refractivity contribution in [2.75, 3.05) is 26.1 Å². The number of nitrogens with zero attached hydrogens (tertiary/aromatic N) is 1. The molecule has 0 heterocycles. The number of amides is 2. The van der Waals surface area contributed by atoms with Crippen LogP contribution in [0.15, 0.2) is 52.4 Å². The standard InChI is InChI=1S/C21H26N4O8S/c1-13(2)32-15-6-5-7-16(11-15)33-34(28,29)18-10-14(23-20(22)25-21(27)31-4)8-9-17(18)24-19(26)12-30-3/h5-11,13H,12H2,1-4H3,(H,24,26)(H3,22,23,25,27). The number of nitrogens with one attached hydrogen (secondary N) is 2. The average molecular weight is 495 g/mol. The van der Waals surface area contributed by atoms with Gasteiger partial charge in [0, 0.05) is 13.2 Å². The number of ether oxygens (including phenoxy) is 3. The number of aliphatic imine (C=N–C) groups is 1. The molecule has 0 aliphatic carbocycles. The maximum atomic E-state index is 13.1. The van der Waals surface area contributed by atoms with Gasteiger partial charge in [-0.05, 0) is 44.2 Å². The van der Waals surface area contributed by atoms with E-state index in [9.17, 15) is 18.0 Å². The Morgan fingerprint density at radius 3 is 2.44 bits per heavy atom. The number of carbonyl (C=O) groups excluding carboxylic acids is 2. The highest BCUT2D eigenvalue weighted by Crippen LogP contribution is 2.30. The number of alkyl carbamates (subject to hydrolysis) is 1. The summed E-state index contributed by atoms with van der Waals surface area (Å²) in [4.78, 5) is 26.8. The van der Waals surface area contributed by atoms with Gasteiger partial charge in [-0.1, -0.05) is 6.07 Å². The molecule has 0 unspecified atom stereocenters. The van der Waals surface area contributed by atoms with Crippen molar-refractivity contribution in [2.45, 2.75) is 24.8 Å². The fourth-order valence-corrected chi connectivity index (χ4v) is 3.67. The smallest absolute Gasteiger partial charge is 0.413 e. The van der Waals surface area contributed by atoms with Gasteiger partial charge in [-0.3, -0.25) is 10.1 Å². The minimum Gasteiger partial charge on any atom is -0.491 e. The monoisotopic (exact) mass is 494 g/mol. The van der Waals surface area contributed by atoms with Crippen molar-refractivity contribution in [3.8, 4) is 11.5 Å². The van der Waals surface area contributed by atoms with Crippen molar-refractivity contribution >= 4 is 39.5 Å². The van der Waals surface area contributed by atoms with Gasteiger partial charge in [0.05, 0.1) is 24.6 Å². The fourth-order valence-electron chi connectivity index (χ4n) is 2.57. The van der Waals surface area contributed by atoms with E-state index in [1.807, 2.05) is 13.8 Å². The molecule has 0 spiro atoms. The summed E-state index contributed by atoms with van der Waals surface area (Å²) in [6, 6.07) is 9.88. The van der Waals surface area contributed by atoms with Gasteiger partial charge in [-0.2, -0.15) is 8.42 Å². The summed E-state index contributed by atoms with van der Waals surface area (Å²) in [5.41, 5.74) is 5.62. The topological polar surface area (TPSA) is 168 Å². The lowest BCUT2D eigenvalue weighted by atomic mass is 10.3. The lowest BCUT2D eigenvalue weighted by Gasteiger charge is -2.14. The molecule has 0 aromatic heterocycles. The van der Waals surface area contributed by atoms with E-state index in [4.69, 9.17) is 19.4 Å². The third-order valence-corrected chi connectivity index (χ3v) is 5.12. The second-order valence-corrected chi connectivity index (χ2v) is 8.47. The van der Waals surface area contributed by atoms with E-state index in [0.29, 0.717) is 5.75 Å². The number of carbonyl (C=O) groups is 2. The molecule has 0 bridgehead atoms. The van der Waals surface area contributed by atoms with Gasteiger partial charge in [-0.15, -0.1) is 0 Å². The summed E-state index contributed by atoms with van der Waals surface area (Å²) >= 11 is 0. The molecule has 2 aromatic rings. The van der Waals surface area contributed by atoms with E-state index < -0.39 is 27.0 Å². The Hall–Kier alpha value is -3.84.